The van der Waals surface area contributed by atoms with Crippen molar-refractivity contribution >= 4 is 28.7 Å². The summed E-state index contributed by atoms with van der Waals surface area (Å²) in [6.07, 6.45) is 1.85. The average Bonchev–Trinajstić information content (AvgIpc) is 3.41. The van der Waals surface area contributed by atoms with Crippen LogP contribution in [0.5, 0.6) is 11.5 Å². The summed E-state index contributed by atoms with van der Waals surface area (Å²) in [4.78, 5) is 13.3. The lowest BCUT2D eigenvalue weighted by Crippen LogP contribution is -2.26. The minimum atomic E-state index is -0.181. The zero-order valence-corrected chi connectivity index (χ0v) is 20.1. The van der Waals surface area contributed by atoms with Crippen LogP contribution >= 0.6 is 11.6 Å². The fourth-order valence-corrected chi connectivity index (χ4v) is 4.34. The number of fused-ring (bicyclic) bond motifs is 1. The number of methoxy groups -OCH3 is 1. The van der Waals surface area contributed by atoms with E-state index in [0.717, 1.165) is 16.9 Å². The van der Waals surface area contributed by atoms with Gasteiger partial charge < -0.3 is 14.0 Å². The van der Waals surface area contributed by atoms with Crippen LogP contribution in [0.15, 0.2) is 78.2 Å². The van der Waals surface area contributed by atoms with E-state index in [2.05, 4.69) is 17.1 Å². The molecule has 5 rings (SSSR count). The number of aryl methyl sites for hydroxylation is 1. The van der Waals surface area contributed by atoms with E-state index in [1.165, 1.54) is 0 Å². The van der Waals surface area contributed by atoms with Gasteiger partial charge in [0.25, 0.3) is 5.56 Å². The zero-order chi connectivity index (χ0) is 24.5. The van der Waals surface area contributed by atoms with E-state index < -0.39 is 0 Å². The summed E-state index contributed by atoms with van der Waals surface area (Å²) < 4.78 is 14.8. The molecule has 0 unspecified atom stereocenters. The van der Waals surface area contributed by atoms with Gasteiger partial charge in [0.2, 0.25) is 0 Å². The molecule has 2 aromatic heterocycles. The first kappa shape index (κ1) is 22.6. The Morgan fingerprint density at radius 2 is 1.89 bits per heavy atom. The number of hydrogen-bond donors (Lipinski definition) is 1. The van der Waals surface area contributed by atoms with E-state index in [0.29, 0.717) is 40.1 Å². The zero-order valence-electron chi connectivity index (χ0n) is 19.4. The molecule has 0 aliphatic carbocycles. The van der Waals surface area contributed by atoms with Crippen molar-refractivity contribution in [1.82, 2.24) is 14.3 Å². The summed E-state index contributed by atoms with van der Waals surface area (Å²) in [6, 6.07) is 18.2. The molecular formula is C26H24ClN5O3. The van der Waals surface area contributed by atoms with Crippen molar-refractivity contribution < 1.29 is 9.47 Å². The molecule has 3 heterocycles. The van der Waals surface area contributed by atoms with E-state index in [4.69, 9.17) is 21.1 Å². The van der Waals surface area contributed by atoms with Gasteiger partial charge in [-0.1, -0.05) is 36.4 Å². The molecule has 1 N–H and O–H groups in total. The number of pyridine rings is 1. The Morgan fingerprint density at radius 1 is 1.09 bits per heavy atom. The van der Waals surface area contributed by atoms with Crippen LogP contribution < -0.4 is 25.5 Å². The van der Waals surface area contributed by atoms with Crippen molar-refractivity contribution in [2.24, 2.45) is 7.05 Å². The molecule has 2 aromatic carbocycles. The molecule has 0 amide bonds. The van der Waals surface area contributed by atoms with Crippen LogP contribution in [0.4, 0.5) is 11.4 Å². The van der Waals surface area contributed by atoms with Crippen molar-refractivity contribution in [2.45, 2.75) is 13.2 Å². The number of rotatable bonds is 7. The summed E-state index contributed by atoms with van der Waals surface area (Å²) in [5, 5.41) is 6.80. The maximum Gasteiger partial charge on any atom is 0.253 e. The lowest BCUT2D eigenvalue weighted by atomic mass is 10.1. The highest BCUT2D eigenvalue weighted by Crippen LogP contribution is 2.40. The summed E-state index contributed by atoms with van der Waals surface area (Å²) in [5.41, 5.74) is 7.34. The van der Waals surface area contributed by atoms with Gasteiger partial charge in [-0.05, 0) is 30.3 Å². The van der Waals surface area contributed by atoms with E-state index in [1.54, 1.807) is 33.5 Å². The number of benzene rings is 2. The molecule has 9 heteroatoms. The van der Waals surface area contributed by atoms with Gasteiger partial charge in [0.1, 0.15) is 18.1 Å². The number of halogens is 1. The SMILES string of the molecule is C=C1c2c(cc(=O)n(Cc3ccn(C)n3)c2COc2cccc(OC)c2)NN1c1ccccc1Cl. The number of ether oxygens (including phenoxy) is 2. The molecule has 8 nitrogen and oxygen atoms in total. The monoisotopic (exact) mass is 489 g/mol. The Kier molecular flexibility index (Phi) is 5.96. The van der Waals surface area contributed by atoms with Gasteiger partial charge in [0.15, 0.2) is 0 Å². The highest BCUT2D eigenvalue weighted by molar-refractivity contribution is 6.33. The second-order valence-electron chi connectivity index (χ2n) is 8.10. The number of hydrogen-bond acceptors (Lipinski definition) is 6. The van der Waals surface area contributed by atoms with Gasteiger partial charge >= 0.3 is 0 Å². The number of nitrogens with zero attached hydrogens (tertiary/aromatic N) is 4. The van der Waals surface area contributed by atoms with Crippen LogP contribution in [-0.2, 0) is 20.2 Å². The third kappa shape index (κ3) is 4.36. The van der Waals surface area contributed by atoms with Gasteiger partial charge in [-0.2, -0.15) is 5.10 Å². The topological polar surface area (TPSA) is 73.5 Å². The summed E-state index contributed by atoms with van der Waals surface area (Å²) in [7, 11) is 3.45. The smallest absolute Gasteiger partial charge is 0.253 e. The van der Waals surface area contributed by atoms with Crippen LogP contribution in [0, 0.1) is 0 Å². The second kappa shape index (κ2) is 9.23. The van der Waals surface area contributed by atoms with Crippen LogP contribution in [0.25, 0.3) is 5.70 Å². The molecule has 0 saturated heterocycles. The Labute approximate surface area is 207 Å². The Bertz CT molecular complexity index is 1480. The van der Waals surface area contributed by atoms with Crippen molar-refractivity contribution in [1.29, 1.82) is 0 Å². The van der Waals surface area contributed by atoms with Crippen molar-refractivity contribution in [3.05, 3.63) is 106 Å². The normalized spacial score (nSPS) is 12.4. The summed E-state index contributed by atoms with van der Waals surface area (Å²) in [5.74, 6) is 1.31. The van der Waals surface area contributed by atoms with Gasteiger partial charge in [0, 0.05) is 30.9 Å². The Balaban J connectivity index is 1.58. The van der Waals surface area contributed by atoms with Crippen LogP contribution in [0.3, 0.4) is 0 Å². The molecule has 0 radical (unpaired) electrons. The lowest BCUT2D eigenvalue weighted by Gasteiger charge is -2.21. The molecule has 0 saturated carbocycles. The maximum atomic E-state index is 13.3. The Morgan fingerprint density at radius 3 is 2.63 bits per heavy atom. The fourth-order valence-electron chi connectivity index (χ4n) is 4.12. The first-order chi connectivity index (χ1) is 16.9. The standard InChI is InChI=1S/C26H24ClN5O3/c1-17-26-22(29-32(17)23-10-5-4-9-21(23)27)14-25(33)31(15-18-11-12-30(2)28-18)24(26)16-35-20-8-6-7-19(13-20)34-3/h4-14,29H,1,15-16H2,2-3H3. The predicted molar refractivity (Wildman–Crippen MR) is 137 cm³/mol. The van der Waals surface area contributed by atoms with Gasteiger partial charge in [0.05, 0.1) is 47.1 Å². The predicted octanol–water partition coefficient (Wildman–Crippen LogP) is 4.69. The highest BCUT2D eigenvalue weighted by Gasteiger charge is 2.30. The molecule has 4 aromatic rings. The van der Waals surface area contributed by atoms with Crippen LogP contribution in [0.1, 0.15) is 17.0 Å². The average molecular weight is 490 g/mol. The molecule has 1 aliphatic heterocycles. The molecular weight excluding hydrogens is 466 g/mol. The number of hydrazine groups is 1. The molecule has 1 aliphatic rings. The second-order valence-corrected chi connectivity index (χ2v) is 8.51. The maximum absolute atomic E-state index is 13.3. The Hall–Kier alpha value is -4.17. The quantitative estimate of drug-likeness (QED) is 0.406. The van der Waals surface area contributed by atoms with Gasteiger partial charge in [-0.3, -0.25) is 19.9 Å². The third-order valence-electron chi connectivity index (χ3n) is 5.81. The minimum absolute atomic E-state index is 0.134. The van der Waals surface area contributed by atoms with Gasteiger partial charge in [-0.15, -0.1) is 0 Å². The van der Waals surface area contributed by atoms with Crippen LogP contribution in [-0.4, -0.2) is 21.5 Å². The van der Waals surface area contributed by atoms with E-state index >= 15 is 0 Å². The number of aromatic nitrogens is 3. The fraction of sp³-hybridized carbons (Fsp3) is 0.154. The molecule has 0 bridgehead atoms. The minimum Gasteiger partial charge on any atom is -0.497 e. The number of nitrogens with one attached hydrogen (secondary N) is 1. The van der Waals surface area contributed by atoms with E-state index in [1.807, 2.05) is 61.8 Å². The number of anilines is 2. The highest BCUT2D eigenvalue weighted by atomic mass is 35.5. The van der Waals surface area contributed by atoms with E-state index in [9.17, 15) is 4.79 Å². The molecule has 0 fully saturated rings. The van der Waals surface area contributed by atoms with E-state index in [-0.39, 0.29) is 12.2 Å². The van der Waals surface area contributed by atoms with Gasteiger partial charge in [-0.25, -0.2) is 0 Å². The largest absolute Gasteiger partial charge is 0.497 e. The summed E-state index contributed by atoms with van der Waals surface area (Å²) in [6.45, 7) is 4.74. The van der Waals surface area contributed by atoms with Crippen molar-refractivity contribution in [3.63, 3.8) is 0 Å². The molecule has 178 valence electrons. The first-order valence-electron chi connectivity index (χ1n) is 11.0. The molecule has 0 atom stereocenters. The van der Waals surface area contributed by atoms with Crippen molar-refractivity contribution in [2.75, 3.05) is 17.5 Å². The first-order valence-corrected chi connectivity index (χ1v) is 11.3. The van der Waals surface area contributed by atoms with Crippen LogP contribution in [0.2, 0.25) is 5.02 Å². The lowest BCUT2D eigenvalue weighted by molar-refractivity contribution is 0.291. The summed E-state index contributed by atoms with van der Waals surface area (Å²) >= 11 is 6.46. The molecule has 0 spiro atoms. The van der Waals surface area contributed by atoms with Crippen molar-refractivity contribution in [3.8, 4) is 11.5 Å². The number of para-hydroxylation sites is 1. The molecule has 35 heavy (non-hydrogen) atoms. The third-order valence-corrected chi connectivity index (χ3v) is 6.13.